The summed E-state index contributed by atoms with van der Waals surface area (Å²) in [4.78, 5) is 14.4. The SMILES string of the molecule is CCN1CCc2nc(N3CCC(C)CC3)nc(CN)c2C1.Cl.Cl. The van der Waals surface area contributed by atoms with Crippen LogP contribution in [0.2, 0.25) is 0 Å². The molecule has 2 aliphatic rings. The van der Waals surface area contributed by atoms with Crippen molar-refractivity contribution in [3.63, 3.8) is 0 Å². The number of nitrogens with zero attached hydrogens (tertiary/aromatic N) is 4. The van der Waals surface area contributed by atoms with Gasteiger partial charge in [-0.3, -0.25) is 4.90 Å². The first-order valence-corrected chi connectivity index (χ1v) is 8.27. The average molecular weight is 362 g/mol. The molecule has 3 rings (SSSR count). The number of nitrogens with two attached hydrogens (primary N) is 1. The van der Waals surface area contributed by atoms with Crippen molar-refractivity contribution in [1.82, 2.24) is 14.9 Å². The molecule has 132 valence electrons. The number of fused-ring (bicyclic) bond motifs is 1. The Labute approximate surface area is 151 Å². The van der Waals surface area contributed by atoms with Gasteiger partial charge in [0.15, 0.2) is 0 Å². The minimum Gasteiger partial charge on any atom is -0.341 e. The molecule has 0 aliphatic carbocycles. The van der Waals surface area contributed by atoms with Gasteiger partial charge in [0.25, 0.3) is 0 Å². The molecule has 1 fully saturated rings. The van der Waals surface area contributed by atoms with Crippen LogP contribution in [0.25, 0.3) is 0 Å². The van der Waals surface area contributed by atoms with Crippen molar-refractivity contribution in [2.45, 2.75) is 46.2 Å². The molecule has 3 heterocycles. The number of likely N-dealkylation sites (N-methyl/N-ethyl adjacent to an activating group) is 1. The summed E-state index contributed by atoms with van der Waals surface area (Å²) in [6.07, 6.45) is 3.50. The third kappa shape index (κ3) is 4.47. The van der Waals surface area contributed by atoms with Crippen molar-refractivity contribution in [3.05, 3.63) is 17.0 Å². The standard InChI is InChI=1S/C16H27N5.2ClH/c1-3-20-7-6-14-13(11-20)15(10-17)19-16(18-14)21-8-4-12(2)5-9-21;;/h12H,3-11,17H2,1-2H3;2*1H. The first kappa shape index (κ1) is 20.4. The lowest BCUT2D eigenvalue weighted by Crippen LogP contribution is -2.36. The van der Waals surface area contributed by atoms with E-state index >= 15 is 0 Å². The maximum Gasteiger partial charge on any atom is 0.225 e. The predicted octanol–water partition coefficient (Wildman–Crippen LogP) is 2.39. The number of hydrogen-bond donors (Lipinski definition) is 1. The van der Waals surface area contributed by atoms with Gasteiger partial charge >= 0.3 is 0 Å². The topological polar surface area (TPSA) is 58.3 Å². The molecule has 5 nitrogen and oxygen atoms in total. The Hall–Kier alpha value is -0.620. The molecule has 2 aliphatic heterocycles. The van der Waals surface area contributed by atoms with E-state index in [2.05, 4.69) is 23.6 Å². The molecule has 0 atom stereocenters. The van der Waals surface area contributed by atoms with Gasteiger partial charge in [0.2, 0.25) is 5.95 Å². The molecule has 0 spiro atoms. The second kappa shape index (κ2) is 9.02. The highest BCUT2D eigenvalue weighted by atomic mass is 35.5. The van der Waals surface area contributed by atoms with E-state index in [1.807, 2.05) is 0 Å². The van der Waals surface area contributed by atoms with Gasteiger partial charge < -0.3 is 10.6 Å². The molecule has 1 saturated heterocycles. The lowest BCUT2D eigenvalue weighted by atomic mass is 9.99. The van der Waals surface area contributed by atoms with Crippen LogP contribution in [-0.4, -0.2) is 41.0 Å². The van der Waals surface area contributed by atoms with E-state index in [-0.39, 0.29) is 24.8 Å². The van der Waals surface area contributed by atoms with Crippen molar-refractivity contribution in [2.75, 3.05) is 31.1 Å². The van der Waals surface area contributed by atoms with E-state index in [1.165, 1.54) is 24.1 Å². The number of rotatable bonds is 3. The summed E-state index contributed by atoms with van der Waals surface area (Å²) in [5, 5.41) is 0. The minimum atomic E-state index is 0. The Morgan fingerprint density at radius 1 is 1.13 bits per heavy atom. The second-order valence-electron chi connectivity index (χ2n) is 6.39. The number of halogens is 2. The zero-order chi connectivity index (χ0) is 14.8. The third-order valence-electron chi connectivity index (χ3n) is 4.92. The normalized spacial score (nSPS) is 18.8. The molecule has 1 aromatic rings. The van der Waals surface area contributed by atoms with Crippen LogP contribution >= 0.6 is 24.8 Å². The van der Waals surface area contributed by atoms with Crippen LogP contribution in [0, 0.1) is 5.92 Å². The first-order valence-electron chi connectivity index (χ1n) is 8.27. The molecule has 0 bridgehead atoms. The fourth-order valence-corrected chi connectivity index (χ4v) is 3.31. The largest absolute Gasteiger partial charge is 0.341 e. The van der Waals surface area contributed by atoms with Crippen molar-refractivity contribution < 1.29 is 0 Å². The molecular formula is C16H29Cl2N5. The summed E-state index contributed by atoms with van der Waals surface area (Å²) in [5.41, 5.74) is 9.51. The number of hydrogen-bond acceptors (Lipinski definition) is 5. The fourth-order valence-electron chi connectivity index (χ4n) is 3.31. The molecular weight excluding hydrogens is 333 g/mol. The Morgan fingerprint density at radius 2 is 1.83 bits per heavy atom. The van der Waals surface area contributed by atoms with Crippen LogP contribution in [0.3, 0.4) is 0 Å². The molecule has 7 heteroatoms. The molecule has 23 heavy (non-hydrogen) atoms. The van der Waals surface area contributed by atoms with Gasteiger partial charge in [-0.2, -0.15) is 0 Å². The van der Waals surface area contributed by atoms with Gasteiger partial charge in [0, 0.05) is 44.7 Å². The van der Waals surface area contributed by atoms with Gasteiger partial charge in [-0.25, -0.2) is 9.97 Å². The Morgan fingerprint density at radius 3 is 2.43 bits per heavy atom. The summed E-state index contributed by atoms with van der Waals surface area (Å²) in [5.74, 6) is 1.73. The second-order valence-corrected chi connectivity index (χ2v) is 6.39. The quantitative estimate of drug-likeness (QED) is 0.895. The number of aromatic nitrogens is 2. The average Bonchev–Trinajstić information content (AvgIpc) is 2.54. The predicted molar refractivity (Wildman–Crippen MR) is 99.7 cm³/mol. The van der Waals surface area contributed by atoms with E-state index < -0.39 is 0 Å². The highest BCUT2D eigenvalue weighted by Gasteiger charge is 2.24. The maximum atomic E-state index is 5.95. The molecule has 0 radical (unpaired) electrons. The van der Waals surface area contributed by atoms with Crippen molar-refractivity contribution >= 4 is 30.8 Å². The lowest BCUT2D eigenvalue weighted by Gasteiger charge is -2.33. The maximum absolute atomic E-state index is 5.95. The zero-order valence-corrected chi connectivity index (χ0v) is 15.8. The Balaban J connectivity index is 0.00000132. The van der Waals surface area contributed by atoms with Crippen molar-refractivity contribution in [1.29, 1.82) is 0 Å². The van der Waals surface area contributed by atoms with Crippen LogP contribution in [0.5, 0.6) is 0 Å². The summed E-state index contributed by atoms with van der Waals surface area (Å²) in [6.45, 7) is 10.3. The van der Waals surface area contributed by atoms with Gasteiger partial charge in [0.1, 0.15) is 0 Å². The molecule has 2 N–H and O–H groups in total. The summed E-state index contributed by atoms with van der Waals surface area (Å²) >= 11 is 0. The van der Waals surface area contributed by atoms with Gasteiger partial charge in [0.05, 0.1) is 11.4 Å². The van der Waals surface area contributed by atoms with Crippen molar-refractivity contribution in [3.8, 4) is 0 Å². The van der Waals surface area contributed by atoms with Crippen LogP contribution in [0.15, 0.2) is 0 Å². The van der Waals surface area contributed by atoms with E-state index in [0.717, 1.165) is 56.7 Å². The zero-order valence-electron chi connectivity index (χ0n) is 14.1. The van der Waals surface area contributed by atoms with Crippen LogP contribution in [-0.2, 0) is 19.5 Å². The summed E-state index contributed by atoms with van der Waals surface area (Å²) < 4.78 is 0. The summed E-state index contributed by atoms with van der Waals surface area (Å²) in [7, 11) is 0. The van der Waals surface area contributed by atoms with E-state index in [4.69, 9.17) is 15.7 Å². The van der Waals surface area contributed by atoms with Gasteiger partial charge in [-0.1, -0.05) is 13.8 Å². The number of piperidine rings is 1. The highest BCUT2D eigenvalue weighted by molar-refractivity contribution is 5.85. The minimum absolute atomic E-state index is 0. The Bertz CT molecular complexity index is 486. The van der Waals surface area contributed by atoms with Crippen molar-refractivity contribution in [2.24, 2.45) is 11.7 Å². The van der Waals surface area contributed by atoms with Gasteiger partial charge in [-0.05, 0) is 25.3 Å². The van der Waals surface area contributed by atoms with E-state index in [9.17, 15) is 0 Å². The van der Waals surface area contributed by atoms with Crippen LogP contribution in [0.4, 0.5) is 5.95 Å². The van der Waals surface area contributed by atoms with E-state index in [0.29, 0.717) is 6.54 Å². The Kier molecular flexibility index (Phi) is 8.01. The molecule has 0 unspecified atom stereocenters. The smallest absolute Gasteiger partial charge is 0.225 e. The first-order chi connectivity index (χ1) is 10.2. The fraction of sp³-hybridized carbons (Fsp3) is 0.750. The van der Waals surface area contributed by atoms with E-state index in [1.54, 1.807) is 0 Å². The summed E-state index contributed by atoms with van der Waals surface area (Å²) in [6, 6.07) is 0. The number of anilines is 1. The van der Waals surface area contributed by atoms with Gasteiger partial charge in [-0.15, -0.1) is 24.8 Å². The lowest BCUT2D eigenvalue weighted by molar-refractivity contribution is 0.263. The third-order valence-corrected chi connectivity index (χ3v) is 4.92. The monoisotopic (exact) mass is 361 g/mol. The highest BCUT2D eigenvalue weighted by Crippen LogP contribution is 2.25. The molecule has 1 aromatic heterocycles. The molecule has 0 amide bonds. The van der Waals surface area contributed by atoms with Crippen LogP contribution in [0.1, 0.15) is 43.6 Å². The van der Waals surface area contributed by atoms with Crippen LogP contribution < -0.4 is 10.6 Å². The molecule has 0 saturated carbocycles. The molecule has 0 aromatic carbocycles.